The Bertz CT molecular complexity index is 698. The van der Waals surface area contributed by atoms with E-state index in [2.05, 4.69) is 42.2 Å². The first-order valence-corrected chi connectivity index (χ1v) is 8.69. The van der Waals surface area contributed by atoms with Crippen LogP contribution >= 0.6 is 12.6 Å². The number of carbonyl (C=O) groups excluding carboxylic acids is 1. The van der Waals surface area contributed by atoms with Gasteiger partial charge in [-0.15, -0.1) is 12.6 Å². The Morgan fingerprint density at radius 3 is 2.95 bits per heavy atom. The maximum absolute atomic E-state index is 11.8. The lowest BCUT2D eigenvalue weighted by Gasteiger charge is -2.28. The molecule has 1 saturated carbocycles. The van der Waals surface area contributed by atoms with Crippen molar-refractivity contribution in [2.24, 2.45) is 5.92 Å². The topological polar surface area (TPSA) is 29.1 Å². The van der Waals surface area contributed by atoms with Gasteiger partial charge in [0.25, 0.3) is 0 Å². The highest BCUT2D eigenvalue weighted by Crippen LogP contribution is 2.40. The van der Waals surface area contributed by atoms with E-state index in [0.717, 1.165) is 50.0 Å². The van der Waals surface area contributed by atoms with Gasteiger partial charge >= 0.3 is 0 Å². The third-order valence-electron chi connectivity index (χ3n) is 5.00. The minimum absolute atomic E-state index is 0.249. The van der Waals surface area contributed by atoms with Gasteiger partial charge < -0.3 is 5.32 Å². The van der Waals surface area contributed by atoms with Crippen LogP contribution < -0.4 is 5.32 Å². The van der Waals surface area contributed by atoms with Crippen LogP contribution in [0, 0.1) is 5.92 Å². The van der Waals surface area contributed by atoms with Crippen LogP contribution in [0.15, 0.2) is 34.8 Å². The van der Waals surface area contributed by atoms with Gasteiger partial charge in [-0.1, -0.05) is 23.8 Å². The molecule has 3 heteroatoms. The van der Waals surface area contributed by atoms with Crippen LogP contribution in [0.4, 0.5) is 0 Å². The highest BCUT2D eigenvalue weighted by molar-refractivity contribution is 7.80. The molecule has 0 unspecified atom stereocenters. The van der Waals surface area contributed by atoms with Gasteiger partial charge in [0.15, 0.2) is 0 Å². The van der Waals surface area contributed by atoms with Gasteiger partial charge in [-0.2, -0.15) is 0 Å². The van der Waals surface area contributed by atoms with Crippen molar-refractivity contribution in [3.8, 4) is 0 Å². The SMILES string of the molecule is O=C(NCCC1=C2C=CCc3ccc(S)c(c32)CC1)C1CC1. The molecule has 1 fully saturated rings. The summed E-state index contributed by atoms with van der Waals surface area (Å²) in [5, 5.41) is 3.09. The number of hydrogen-bond acceptors (Lipinski definition) is 2. The Labute approximate surface area is 137 Å². The summed E-state index contributed by atoms with van der Waals surface area (Å²) >= 11 is 4.64. The van der Waals surface area contributed by atoms with Crippen LogP contribution in [-0.4, -0.2) is 12.5 Å². The number of carbonyl (C=O) groups is 1. The summed E-state index contributed by atoms with van der Waals surface area (Å²) in [5.41, 5.74) is 7.12. The molecule has 1 N–H and O–H groups in total. The van der Waals surface area contributed by atoms with E-state index in [-0.39, 0.29) is 5.91 Å². The van der Waals surface area contributed by atoms with E-state index in [4.69, 9.17) is 0 Å². The van der Waals surface area contributed by atoms with Crippen LogP contribution in [0.2, 0.25) is 0 Å². The normalized spacial score (nSPS) is 19.1. The lowest BCUT2D eigenvalue weighted by Crippen LogP contribution is -2.26. The Morgan fingerprint density at radius 1 is 1.27 bits per heavy atom. The smallest absolute Gasteiger partial charge is 0.223 e. The fraction of sp³-hybridized carbons (Fsp3) is 0.421. The van der Waals surface area contributed by atoms with Gasteiger partial charge in [-0.05, 0) is 66.9 Å². The standard InChI is InChI=1S/C19H21NOS/c21-19(14-4-5-14)20-11-10-12-6-8-16-17(22)9-7-13-2-1-3-15(12)18(13)16/h1,3,7,9,14,22H,2,4-6,8,10-11H2,(H,20,21). The minimum Gasteiger partial charge on any atom is -0.356 e. The molecule has 1 aromatic carbocycles. The summed E-state index contributed by atoms with van der Waals surface area (Å²) in [6, 6.07) is 4.34. The Balaban J connectivity index is 1.57. The van der Waals surface area contributed by atoms with Gasteiger partial charge in [-0.3, -0.25) is 4.79 Å². The van der Waals surface area contributed by atoms with Crippen molar-refractivity contribution in [2.45, 2.75) is 43.4 Å². The molecule has 0 heterocycles. The zero-order valence-electron chi connectivity index (χ0n) is 12.7. The largest absolute Gasteiger partial charge is 0.356 e. The first-order chi connectivity index (χ1) is 10.7. The predicted octanol–water partition coefficient (Wildman–Crippen LogP) is 3.70. The van der Waals surface area contributed by atoms with E-state index in [9.17, 15) is 4.79 Å². The number of thiol groups is 1. The molecular weight excluding hydrogens is 290 g/mol. The molecule has 0 bridgehead atoms. The summed E-state index contributed by atoms with van der Waals surface area (Å²) in [6.07, 6.45) is 10.8. The van der Waals surface area contributed by atoms with Crippen molar-refractivity contribution in [3.05, 3.63) is 46.5 Å². The zero-order chi connectivity index (χ0) is 15.1. The van der Waals surface area contributed by atoms with E-state index >= 15 is 0 Å². The van der Waals surface area contributed by atoms with Crippen molar-refractivity contribution in [1.29, 1.82) is 0 Å². The van der Waals surface area contributed by atoms with Crippen LogP contribution in [-0.2, 0) is 17.6 Å². The first kappa shape index (κ1) is 14.1. The molecule has 22 heavy (non-hydrogen) atoms. The quantitative estimate of drug-likeness (QED) is 0.816. The summed E-state index contributed by atoms with van der Waals surface area (Å²) < 4.78 is 0. The molecule has 0 saturated heterocycles. The number of amides is 1. The number of nitrogens with one attached hydrogen (secondary N) is 1. The molecule has 0 atom stereocenters. The van der Waals surface area contributed by atoms with Crippen molar-refractivity contribution < 1.29 is 4.79 Å². The monoisotopic (exact) mass is 311 g/mol. The van der Waals surface area contributed by atoms with Gasteiger partial charge in [0.05, 0.1) is 0 Å². The predicted molar refractivity (Wildman–Crippen MR) is 92.1 cm³/mol. The van der Waals surface area contributed by atoms with Crippen LogP contribution in [0.3, 0.4) is 0 Å². The molecule has 1 amide bonds. The fourth-order valence-corrected chi connectivity index (χ4v) is 3.92. The highest BCUT2D eigenvalue weighted by atomic mass is 32.1. The molecule has 3 aliphatic rings. The van der Waals surface area contributed by atoms with Crippen molar-refractivity contribution >= 4 is 24.1 Å². The van der Waals surface area contributed by atoms with E-state index in [1.54, 1.807) is 0 Å². The summed E-state index contributed by atoms with van der Waals surface area (Å²) in [7, 11) is 0. The third kappa shape index (κ3) is 2.52. The maximum atomic E-state index is 11.8. The van der Waals surface area contributed by atoms with E-state index in [0.29, 0.717) is 5.92 Å². The van der Waals surface area contributed by atoms with Gasteiger partial charge in [0.1, 0.15) is 0 Å². The average Bonchev–Trinajstić information content (AvgIpc) is 3.37. The number of hydrogen-bond donors (Lipinski definition) is 2. The Kier molecular flexibility index (Phi) is 3.61. The van der Waals surface area contributed by atoms with E-state index < -0.39 is 0 Å². The Hall–Kier alpha value is -1.48. The molecule has 4 rings (SSSR count). The second-order valence-corrected chi connectivity index (χ2v) is 7.02. The summed E-state index contributed by atoms with van der Waals surface area (Å²) in [4.78, 5) is 12.9. The minimum atomic E-state index is 0.249. The second kappa shape index (κ2) is 5.62. The van der Waals surface area contributed by atoms with Crippen LogP contribution in [0.1, 0.15) is 42.4 Å². The lowest BCUT2D eigenvalue weighted by atomic mass is 9.78. The molecule has 1 aromatic rings. The molecule has 114 valence electrons. The molecule has 0 aromatic heterocycles. The molecule has 3 aliphatic carbocycles. The van der Waals surface area contributed by atoms with Crippen molar-refractivity contribution in [2.75, 3.05) is 6.54 Å². The molecular formula is C19H21NOS. The van der Waals surface area contributed by atoms with Gasteiger partial charge in [0.2, 0.25) is 5.91 Å². The average molecular weight is 311 g/mol. The zero-order valence-corrected chi connectivity index (χ0v) is 13.6. The summed E-state index contributed by atoms with van der Waals surface area (Å²) in [6.45, 7) is 0.771. The third-order valence-corrected chi connectivity index (χ3v) is 5.42. The number of rotatable bonds is 4. The molecule has 0 spiro atoms. The highest BCUT2D eigenvalue weighted by Gasteiger charge is 2.29. The lowest BCUT2D eigenvalue weighted by molar-refractivity contribution is -0.122. The summed E-state index contributed by atoms with van der Waals surface area (Å²) in [5.74, 6) is 0.553. The van der Waals surface area contributed by atoms with E-state index in [1.165, 1.54) is 27.8 Å². The van der Waals surface area contributed by atoms with Gasteiger partial charge in [-0.25, -0.2) is 0 Å². The van der Waals surface area contributed by atoms with E-state index in [1.807, 2.05) is 0 Å². The molecule has 0 aliphatic heterocycles. The van der Waals surface area contributed by atoms with Crippen LogP contribution in [0.5, 0.6) is 0 Å². The fourth-order valence-electron chi connectivity index (χ4n) is 3.62. The van der Waals surface area contributed by atoms with Crippen molar-refractivity contribution in [1.82, 2.24) is 5.32 Å². The first-order valence-electron chi connectivity index (χ1n) is 8.24. The van der Waals surface area contributed by atoms with Crippen LogP contribution in [0.25, 0.3) is 5.57 Å². The Morgan fingerprint density at radius 2 is 2.14 bits per heavy atom. The van der Waals surface area contributed by atoms with Gasteiger partial charge in [0, 0.05) is 17.4 Å². The molecule has 0 radical (unpaired) electrons. The second-order valence-electron chi connectivity index (χ2n) is 6.54. The number of allylic oxidation sites excluding steroid dienone is 3. The molecule has 2 nitrogen and oxygen atoms in total. The van der Waals surface area contributed by atoms with Crippen molar-refractivity contribution in [3.63, 3.8) is 0 Å². The number of benzene rings is 1. The maximum Gasteiger partial charge on any atom is 0.223 e.